The van der Waals surface area contributed by atoms with E-state index in [0.29, 0.717) is 0 Å². The Labute approximate surface area is 78.2 Å². The molecular formula is C6H2B3NO3. The van der Waals surface area contributed by atoms with Gasteiger partial charge in [0.2, 0.25) is 0 Å². The molecule has 0 bridgehead atoms. The monoisotopic (exact) mass is 169 g/mol. The zero-order valence-electron chi connectivity index (χ0n) is 6.48. The number of carbonyl (C=O) groups is 1. The van der Waals surface area contributed by atoms with E-state index in [1.165, 1.54) is 0 Å². The second-order valence-electron chi connectivity index (χ2n) is 2.32. The third-order valence-corrected chi connectivity index (χ3v) is 1.48. The lowest BCUT2D eigenvalue weighted by molar-refractivity contribution is 0.0695. The summed E-state index contributed by atoms with van der Waals surface area (Å²) in [6, 6.07) is 0. The number of hydrogen-bond donors (Lipinski definition) is 2. The van der Waals surface area contributed by atoms with E-state index in [-0.39, 0.29) is 16.6 Å². The average molecular weight is 169 g/mol. The van der Waals surface area contributed by atoms with Crippen molar-refractivity contribution in [2.24, 2.45) is 0 Å². The van der Waals surface area contributed by atoms with Gasteiger partial charge in [-0.3, -0.25) is 4.98 Å². The van der Waals surface area contributed by atoms with Crippen LogP contribution in [0.4, 0.5) is 0 Å². The molecule has 0 aliphatic rings. The van der Waals surface area contributed by atoms with Crippen LogP contribution in [0.3, 0.4) is 0 Å². The number of pyridine rings is 1. The number of hydrogen-bond acceptors (Lipinski definition) is 3. The number of carboxylic acid groups (broad SMARTS) is 1. The standard InChI is InChI=1S/C6H2B3NO3/c7-2-1(6(12)13)3(11)5(9)10-4(2)8/h11H,(H,12,13). The molecule has 0 fully saturated rings. The second-order valence-corrected chi connectivity index (χ2v) is 2.32. The van der Waals surface area contributed by atoms with E-state index in [9.17, 15) is 4.79 Å². The molecule has 4 nitrogen and oxygen atoms in total. The van der Waals surface area contributed by atoms with Gasteiger partial charge in [-0.25, -0.2) is 4.79 Å². The number of carboxylic acids is 1. The SMILES string of the molecule is [B]c1nc([B])c(O)c(C(=O)O)c1[B]. The van der Waals surface area contributed by atoms with Crippen LogP contribution in [0.2, 0.25) is 0 Å². The number of rotatable bonds is 1. The number of aromatic carboxylic acids is 1. The summed E-state index contributed by atoms with van der Waals surface area (Å²) in [5, 5.41) is 17.8. The van der Waals surface area contributed by atoms with Gasteiger partial charge < -0.3 is 10.2 Å². The molecule has 0 saturated carbocycles. The third kappa shape index (κ3) is 1.54. The zero-order valence-corrected chi connectivity index (χ0v) is 6.48. The van der Waals surface area contributed by atoms with Crippen molar-refractivity contribution in [2.75, 3.05) is 0 Å². The molecule has 0 atom stereocenters. The predicted octanol–water partition coefficient (Wildman–Crippen LogP) is -3.13. The highest BCUT2D eigenvalue weighted by Gasteiger charge is 2.16. The lowest BCUT2D eigenvalue weighted by Gasteiger charge is -2.09. The minimum atomic E-state index is -1.41. The van der Waals surface area contributed by atoms with Gasteiger partial charge in [-0.05, 0) is 5.59 Å². The van der Waals surface area contributed by atoms with Crippen molar-refractivity contribution >= 4 is 46.2 Å². The van der Waals surface area contributed by atoms with Crippen molar-refractivity contribution in [3.63, 3.8) is 0 Å². The minimum absolute atomic E-state index is 0.215. The van der Waals surface area contributed by atoms with Gasteiger partial charge in [0.05, 0.1) is 5.56 Å². The predicted molar refractivity (Wildman–Crippen MR) is 49.0 cm³/mol. The van der Waals surface area contributed by atoms with Crippen LogP contribution in [-0.4, -0.2) is 44.7 Å². The summed E-state index contributed by atoms with van der Waals surface area (Å²) >= 11 is 0. The maximum absolute atomic E-state index is 10.6. The first-order valence-electron chi connectivity index (χ1n) is 3.21. The highest BCUT2D eigenvalue weighted by Crippen LogP contribution is 2.07. The zero-order chi connectivity index (χ0) is 10.2. The minimum Gasteiger partial charge on any atom is -0.506 e. The fraction of sp³-hybridized carbons (Fsp3) is 0. The summed E-state index contributed by atoms with van der Waals surface area (Å²) in [6.45, 7) is 0. The molecular weight excluding hydrogens is 167 g/mol. The van der Waals surface area contributed by atoms with Crippen molar-refractivity contribution in [1.29, 1.82) is 0 Å². The summed E-state index contributed by atoms with van der Waals surface area (Å²) in [5.74, 6) is -2.07. The van der Waals surface area contributed by atoms with Gasteiger partial charge >= 0.3 is 5.97 Å². The molecule has 13 heavy (non-hydrogen) atoms. The molecule has 1 rings (SSSR count). The summed E-state index contributed by atoms with van der Waals surface area (Å²) in [7, 11) is 15.7. The molecule has 6 radical (unpaired) electrons. The van der Waals surface area contributed by atoms with E-state index in [4.69, 9.17) is 33.8 Å². The lowest BCUT2D eigenvalue weighted by atomic mass is 9.79. The molecule has 0 unspecified atom stereocenters. The van der Waals surface area contributed by atoms with Crippen LogP contribution in [0.15, 0.2) is 0 Å². The molecule has 0 aliphatic carbocycles. The lowest BCUT2D eigenvalue weighted by Crippen LogP contribution is -2.39. The van der Waals surface area contributed by atoms with Crippen molar-refractivity contribution < 1.29 is 15.0 Å². The van der Waals surface area contributed by atoms with Crippen molar-refractivity contribution in [2.45, 2.75) is 0 Å². The molecule has 0 aromatic carbocycles. The fourth-order valence-electron chi connectivity index (χ4n) is 0.843. The highest BCUT2D eigenvalue weighted by molar-refractivity contribution is 6.51. The molecule has 0 spiro atoms. The molecule has 0 aliphatic heterocycles. The molecule has 1 aromatic heterocycles. The van der Waals surface area contributed by atoms with Gasteiger partial charge in [0, 0.05) is 5.59 Å². The van der Waals surface area contributed by atoms with Crippen LogP contribution in [0.1, 0.15) is 10.4 Å². The van der Waals surface area contributed by atoms with Gasteiger partial charge in [0.1, 0.15) is 29.3 Å². The first-order chi connectivity index (χ1) is 5.95. The molecule has 2 N–H and O–H groups in total. The van der Waals surface area contributed by atoms with Crippen molar-refractivity contribution in [1.82, 2.24) is 4.98 Å². The first-order valence-corrected chi connectivity index (χ1v) is 3.21. The summed E-state index contributed by atoms with van der Waals surface area (Å²) in [6.07, 6.45) is 0. The van der Waals surface area contributed by atoms with E-state index in [0.717, 1.165) is 0 Å². The Hall–Kier alpha value is -1.39. The second kappa shape index (κ2) is 3.16. The Kier molecular flexibility index (Phi) is 2.36. The van der Waals surface area contributed by atoms with E-state index < -0.39 is 17.3 Å². The van der Waals surface area contributed by atoms with Gasteiger partial charge in [0.25, 0.3) is 0 Å². The van der Waals surface area contributed by atoms with Crippen LogP contribution in [0.25, 0.3) is 0 Å². The molecule has 7 heteroatoms. The molecule has 58 valence electrons. The topological polar surface area (TPSA) is 70.4 Å². The Morgan fingerprint density at radius 2 is 1.77 bits per heavy atom. The van der Waals surface area contributed by atoms with E-state index in [1.54, 1.807) is 0 Å². The van der Waals surface area contributed by atoms with Gasteiger partial charge in [-0.15, -0.1) is 0 Å². The number of nitrogens with zero attached hydrogens (tertiary/aromatic N) is 1. The number of aromatic nitrogens is 1. The van der Waals surface area contributed by atoms with Crippen LogP contribution in [0.5, 0.6) is 5.75 Å². The van der Waals surface area contributed by atoms with Crippen molar-refractivity contribution in [3.8, 4) is 5.75 Å². The highest BCUT2D eigenvalue weighted by atomic mass is 16.4. The largest absolute Gasteiger partial charge is 0.506 e. The quantitative estimate of drug-likeness (QED) is 0.435. The fourth-order valence-corrected chi connectivity index (χ4v) is 0.843. The smallest absolute Gasteiger partial charge is 0.338 e. The summed E-state index contributed by atoms with van der Waals surface area (Å²) < 4.78 is 0. The number of aromatic hydroxyl groups is 1. The Morgan fingerprint density at radius 3 is 2.23 bits per heavy atom. The van der Waals surface area contributed by atoms with Crippen molar-refractivity contribution in [3.05, 3.63) is 5.56 Å². The van der Waals surface area contributed by atoms with Gasteiger partial charge in [-0.1, -0.05) is 5.46 Å². The third-order valence-electron chi connectivity index (χ3n) is 1.48. The van der Waals surface area contributed by atoms with E-state index in [1.807, 2.05) is 0 Å². The molecule has 1 aromatic rings. The van der Waals surface area contributed by atoms with Crippen LogP contribution >= 0.6 is 0 Å². The molecule has 1 heterocycles. The molecule has 0 amide bonds. The average Bonchev–Trinajstić information content (AvgIpc) is 2.01. The maximum atomic E-state index is 10.6. The summed E-state index contributed by atoms with van der Waals surface area (Å²) in [5.41, 5.74) is -1.39. The van der Waals surface area contributed by atoms with Crippen LogP contribution < -0.4 is 16.6 Å². The summed E-state index contributed by atoms with van der Waals surface area (Å²) in [4.78, 5) is 14.0. The van der Waals surface area contributed by atoms with Gasteiger partial charge in [0.15, 0.2) is 0 Å². The Morgan fingerprint density at radius 1 is 1.23 bits per heavy atom. The van der Waals surface area contributed by atoms with Crippen LogP contribution in [-0.2, 0) is 0 Å². The van der Waals surface area contributed by atoms with E-state index in [2.05, 4.69) is 4.98 Å². The maximum Gasteiger partial charge on any atom is 0.338 e. The van der Waals surface area contributed by atoms with E-state index >= 15 is 0 Å². The Bertz CT molecular complexity index is 354. The first kappa shape index (κ1) is 9.70. The molecule has 0 saturated heterocycles. The normalized spacial score (nSPS) is 9.85. The Balaban J connectivity index is 3.56. The van der Waals surface area contributed by atoms with Gasteiger partial charge in [-0.2, -0.15) is 0 Å². The van der Waals surface area contributed by atoms with Crippen LogP contribution in [0, 0.1) is 0 Å².